The van der Waals surface area contributed by atoms with Gasteiger partial charge < -0.3 is 9.16 Å². The Labute approximate surface area is 137 Å². The van der Waals surface area contributed by atoms with Crippen molar-refractivity contribution in [3.63, 3.8) is 0 Å². The zero-order valence-corrected chi connectivity index (χ0v) is 16.3. The summed E-state index contributed by atoms with van der Waals surface area (Å²) in [6, 6.07) is 5.50. The number of carbonyl (C=O) groups excluding carboxylic acids is 1. The molecule has 3 nitrogen and oxygen atoms in total. The Hall–Kier alpha value is -0.653. The first-order chi connectivity index (χ1) is 9.58. The second-order valence-corrected chi connectivity index (χ2v) is 12.2. The van der Waals surface area contributed by atoms with E-state index in [2.05, 4.69) is 49.8 Å². The minimum absolute atomic E-state index is 0.185. The van der Waals surface area contributed by atoms with Gasteiger partial charge in [0, 0.05) is 4.47 Å². The SMILES string of the molecule is CCOC(=O)c1ccc(CO[Si](C)(C)C(C)(C)C)c(Br)c1. The highest BCUT2D eigenvalue weighted by Crippen LogP contribution is 2.37. The molecule has 5 heteroatoms. The second kappa shape index (κ2) is 7.07. The number of esters is 1. The standard InChI is InChI=1S/C16H25BrO3Si/c1-7-19-15(18)12-8-9-13(14(17)10-12)11-20-21(5,6)16(2,3)4/h8-10H,7,11H2,1-6H3. The smallest absolute Gasteiger partial charge is 0.338 e. The summed E-state index contributed by atoms with van der Waals surface area (Å²) in [5.41, 5.74) is 1.60. The first kappa shape index (κ1) is 18.4. The fourth-order valence-electron chi connectivity index (χ4n) is 1.48. The maximum atomic E-state index is 11.7. The fourth-order valence-corrected chi connectivity index (χ4v) is 2.92. The average Bonchev–Trinajstić information content (AvgIpc) is 2.36. The average molecular weight is 373 g/mol. The Bertz CT molecular complexity index is 507. The molecule has 0 bridgehead atoms. The summed E-state index contributed by atoms with van der Waals surface area (Å²) in [6.07, 6.45) is 0. The molecule has 0 atom stereocenters. The summed E-state index contributed by atoms with van der Waals surface area (Å²) < 4.78 is 12.1. The zero-order chi connectivity index (χ0) is 16.3. The van der Waals surface area contributed by atoms with Crippen molar-refractivity contribution in [2.24, 2.45) is 0 Å². The lowest BCUT2D eigenvalue weighted by molar-refractivity contribution is 0.0526. The van der Waals surface area contributed by atoms with Gasteiger partial charge in [0.25, 0.3) is 0 Å². The molecule has 0 saturated carbocycles. The van der Waals surface area contributed by atoms with Crippen LogP contribution < -0.4 is 0 Å². The van der Waals surface area contributed by atoms with Crippen molar-refractivity contribution in [2.75, 3.05) is 6.61 Å². The van der Waals surface area contributed by atoms with E-state index in [4.69, 9.17) is 9.16 Å². The van der Waals surface area contributed by atoms with Gasteiger partial charge in [-0.15, -0.1) is 0 Å². The molecular weight excluding hydrogens is 348 g/mol. The third kappa shape index (κ3) is 4.93. The Morgan fingerprint density at radius 2 is 1.90 bits per heavy atom. The Balaban J connectivity index is 2.81. The van der Waals surface area contributed by atoms with Gasteiger partial charge in [-0.25, -0.2) is 4.79 Å². The van der Waals surface area contributed by atoms with Crippen molar-refractivity contribution in [2.45, 2.75) is 52.4 Å². The topological polar surface area (TPSA) is 35.5 Å². The predicted octanol–water partition coefficient (Wildman–Crippen LogP) is 5.15. The maximum Gasteiger partial charge on any atom is 0.338 e. The van der Waals surface area contributed by atoms with E-state index in [0.717, 1.165) is 10.0 Å². The number of carbonyl (C=O) groups is 1. The molecule has 0 aliphatic rings. The van der Waals surface area contributed by atoms with Gasteiger partial charge in [0.15, 0.2) is 8.32 Å². The molecule has 0 N–H and O–H groups in total. The van der Waals surface area contributed by atoms with Gasteiger partial charge in [0.1, 0.15) is 0 Å². The monoisotopic (exact) mass is 372 g/mol. The van der Waals surface area contributed by atoms with E-state index in [9.17, 15) is 4.79 Å². The van der Waals surface area contributed by atoms with Crippen molar-refractivity contribution >= 4 is 30.2 Å². The summed E-state index contributed by atoms with van der Waals surface area (Å²) >= 11 is 3.51. The highest BCUT2D eigenvalue weighted by molar-refractivity contribution is 9.10. The Morgan fingerprint density at radius 1 is 1.29 bits per heavy atom. The van der Waals surface area contributed by atoms with Crippen LogP contribution in [0.5, 0.6) is 0 Å². The summed E-state index contributed by atoms with van der Waals surface area (Å²) in [6.45, 7) is 13.9. The lowest BCUT2D eigenvalue weighted by Crippen LogP contribution is -2.40. The minimum Gasteiger partial charge on any atom is -0.462 e. The van der Waals surface area contributed by atoms with E-state index < -0.39 is 8.32 Å². The molecule has 1 aromatic rings. The summed E-state index contributed by atoms with van der Waals surface area (Å²) in [5.74, 6) is -0.296. The third-order valence-corrected chi connectivity index (χ3v) is 9.18. The summed E-state index contributed by atoms with van der Waals surface area (Å²) in [5, 5.41) is 0.185. The van der Waals surface area contributed by atoms with Crippen molar-refractivity contribution < 1.29 is 14.0 Å². The molecule has 0 radical (unpaired) electrons. The number of hydrogen-bond donors (Lipinski definition) is 0. The van der Waals surface area contributed by atoms with E-state index >= 15 is 0 Å². The molecule has 0 spiro atoms. The van der Waals surface area contributed by atoms with Crippen LogP contribution in [0.1, 0.15) is 43.6 Å². The normalized spacial score (nSPS) is 12.3. The van der Waals surface area contributed by atoms with Crippen LogP contribution in [0, 0.1) is 0 Å². The molecule has 0 fully saturated rings. The summed E-state index contributed by atoms with van der Waals surface area (Å²) in [4.78, 5) is 11.7. The number of benzene rings is 1. The van der Waals surface area contributed by atoms with Crippen LogP contribution in [0.2, 0.25) is 18.1 Å². The molecule has 0 aromatic heterocycles. The van der Waals surface area contributed by atoms with Crippen LogP contribution in [0.25, 0.3) is 0 Å². The lowest BCUT2D eigenvalue weighted by Gasteiger charge is -2.36. The molecule has 1 rings (SSSR count). The van der Waals surface area contributed by atoms with Crippen LogP contribution in [0.3, 0.4) is 0 Å². The van der Waals surface area contributed by atoms with Gasteiger partial charge >= 0.3 is 5.97 Å². The summed E-state index contributed by atoms with van der Waals surface area (Å²) in [7, 11) is -1.77. The first-order valence-electron chi connectivity index (χ1n) is 7.18. The fraction of sp³-hybridized carbons (Fsp3) is 0.562. The predicted molar refractivity (Wildman–Crippen MR) is 92.1 cm³/mol. The van der Waals surface area contributed by atoms with Gasteiger partial charge in [-0.3, -0.25) is 0 Å². The molecule has 21 heavy (non-hydrogen) atoms. The van der Waals surface area contributed by atoms with Crippen LogP contribution in [0.4, 0.5) is 0 Å². The molecule has 0 heterocycles. The van der Waals surface area contributed by atoms with Crippen molar-refractivity contribution in [3.8, 4) is 0 Å². The number of halogens is 1. The highest BCUT2D eigenvalue weighted by atomic mass is 79.9. The van der Waals surface area contributed by atoms with Gasteiger partial charge in [-0.05, 0) is 42.8 Å². The van der Waals surface area contributed by atoms with Crippen molar-refractivity contribution in [1.82, 2.24) is 0 Å². The zero-order valence-electron chi connectivity index (χ0n) is 13.7. The van der Waals surface area contributed by atoms with Gasteiger partial charge in [0.2, 0.25) is 0 Å². The number of rotatable bonds is 5. The quantitative estimate of drug-likeness (QED) is 0.529. The van der Waals surface area contributed by atoms with E-state index in [1.54, 1.807) is 19.1 Å². The molecule has 0 saturated heterocycles. The molecule has 0 amide bonds. The van der Waals surface area contributed by atoms with Crippen LogP contribution in [-0.4, -0.2) is 20.9 Å². The van der Waals surface area contributed by atoms with Crippen molar-refractivity contribution in [3.05, 3.63) is 33.8 Å². The largest absolute Gasteiger partial charge is 0.462 e. The van der Waals surface area contributed by atoms with Gasteiger partial charge in [-0.1, -0.05) is 42.8 Å². The van der Waals surface area contributed by atoms with E-state index in [1.165, 1.54) is 0 Å². The van der Waals surface area contributed by atoms with Gasteiger partial charge in [-0.2, -0.15) is 0 Å². The van der Waals surface area contributed by atoms with E-state index in [0.29, 0.717) is 18.8 Å². The van der Waals surface area contributed by atoms with Crippen molar-refractivity contribution in [1.29, 1.82) is 0 Å². The van der Waals surface area contributed by atoms with E-state index in [1.807, 2.05) is 6.07 Å². The molecular formula is C16H25BrO3Si. The molecule has 0 aliphatic carbocycles. The highest BCUT2D eigenvalue weighted by Gasteiger charge is 2.37. The van der Waals surface area contributed by atoms with E-state index in [-0.39, 0.29) is 11.0 Å². The molecule has 0 unspecified atom stereocenters. The first-order valence-corrected chi connectivity index (χ1v) is 10.9. The van der Waals surface area contributed by atoms with Crippen LogP contribution in [-0.2, 0) is 15.8 Å². The molecule has 118 valence electrons. The third-order valence-electron chi connectivity index (χ3n) is 3.96. The molecule has 0 aliphatic heterocycles. The van der Waals surface area contributed by atoms with Crippen LogP contribution in [0.15, 0.2) is 22.7 Å². The Morgan fingerprint density at radius 3 is 2.38 bits per heavy atom. The second-order valence-electron chi connectivity index (χ2n) is 6.58. The Kier molecular flexibility index (Phi) is 6.19. The lowest BCUT2D eigenvalue weighted by atomic mass is 10.1. The van der Waals surface area contributed by atoms with Crippen LogP contribution >= 0.6 is 15.9 Å². The van der Waals surface area contributed by atoms with Gasteiger partial charge in [0.05, 0.1) is 18.8 Å². The number of hydrogen-bond acceptors (Lipinski definition) is 3. The minimum atomic E-state index is -1.77. The maximum absolute atomic E-state index is 11.7. The number of ether oxygens (including phenoxy) is 1. The molecule has 1 aromatic carbocycles.